The number of pyridine rings is 1. The van der Waals surface area contributed by atoms with Crippen LogP contribution >= 0.6 is 12.2 Å². The van der Waals surface area contributed by atoms with Crippen LogP contribution in [0.3, 0.4) is 0 Å². The fourth-order valence-electron chi connectivity index (χ4n) is 2.22. The number of rotatable bonds is 2. The number of nitrogens with zero attached hydrogens (tertiary/aromatic N) is 3. The van der Waals surface area contributed by atoms with Gasteiger partial charge in [-0.2, -0.15) is 0 Å². The van der Waals surface area contributed by atoms with Gasteiger partial charge in [-0.05, 0) is 44.3 Å². The Morgan fingerprint density at radius 1 is 1.45 bits per heavy atom. The Hall–Kier alpha value is -2.21. The Morgan fingerprint density at radius 3 is 2.95 bits per heavy atom. The molecular formula is C14H14N4OS. The van der Waals surface area contributed by atoms with E-state index >= 15 is 0 Å². The van der Waals surface area contributed by atoms with Crippen LogP contribution in [-0.2, 0) is 0 Å². The van der Waals surface area contributed by atoms with Gasteiger partial charge in [0.1, 0.15) is 5.69 Å². The lowest BCUT2D eigenvalue weighted by molar-refractivity contribution is 0.397. The minimum atomic E-state index is 0.0913. The molecule has 3 rings (SSSR count). The molecule has 2 aromatic rings. The minimum absolute atomic E-state index is 0.0913. The lowest BCUT2D eigenvalue weighted by atomic mass is 10.1. The fourth-order valence-corrected chi connectivity index (χ4v) is 2.63. The first-order valence-corrected chi connectivity index (χ1v) is 6.73. The van der Waals surface area contributed by atoms with Crippen molar-refractivity contribution >= 4 is 35.8 Å². The maximum atomic E-state index is 10.2. The van der Waals surface area contributed by atoms with Gasteiger partial charge in [-0.25, -0.2) is 0 Å². The van der Waals surface area contributed by atoms with Crippen molar-refractivity contribution in [2.45, 2.75) is 19.9 Å². The summed E-state index contributed by atoms with van der Waals surface area (Å²) in [5.41, 5.74) is 3.07. The Bertz CT molecular complexity index is 783. The molecular weight excluding hydrogens is 272 g/mol. The SMILES string of the molecule is CC(C)n1c(O)c(/C=C2\C=Nc3cccnc32)[nH]c1=S. The molecule has 0 aliphatic carbocycles. The number of fused-ring (bicyclic) bond motifs is 1. The van der Waals surface area contributed by atoms with Gasteiger partial charge in [-0.15, -0.1) is 0 Å². The summed E-state index contributed by atoms with van der Waals surface area (Å²) in [6.07, 6.45) is 5.27. The van der Waals surface area contributed by atoms with Crippen molar-refractivity contribution in [2.75, 3.05) is 0 Å². The second-order valence-electron chi connectivity index (χ2n) is 4.86. The van der Waals surface area contributed by atoms with Crippen molar-refractivity contribution in [3.8, 4) is 5.88 Å². The summed E-state index contributed by atoms with van der Waals surface area (Å²) in [4.78, 5) is 11.6. The van der Waals surface area contributed by atoms with Gasteiger partial charge in [0, 0.05) is 24.0 Å². The van der Waals surface area contributed by atoms with Crippen LogP contribution in [0.2, 0.25) is 0 Å². The van der Waals surface area contributed by atoms with E-state index < -0.39 is 0 Å². The van der Waals surface area contributed by atoms with Crippen LogP contribution in [0.15, 0.2) is 23.3 Å². The third-order valence-corrected chi connectivity index (χ3v) is 3.45. The summed E-state index contributed by atoms with van der Waals surface area (Å²) in [5.74, 6) is 0.135. The predicted octanol–water partition coefficient (Wildman–Crippen LogP) is 3.48. The average molecular weight is 286 g/mol. The molecule has 1 aliphatic rings. The molecule has 0 bridgehead atoms. The highest BCUT2D eigenvalue weighted by molar-refractivity contribution is 7.71. The van der Waals surface area contributed by atoms with Crippen LogP contribution in [-0.4, -0.2) is 25.9 Å². The number of imidazole rings is 1. The molecule has 0 saturated carbocycles. The first-order chi connectivity index (χ1) is 9.58. The Kier molecular flexibility index (Phi) is 3.02. The second-order valence-corrected chi connectivity index (χ2v) is 5.25. The summed E-state index contributed by atoms with van der Waals surface area (Å²) in [6, 6.07) is 3.84. The van der Waals surface area contributed by atoms with Crippen molar-refractivity contribution < 1.29 is 5.11 Å². The number of aliphatic imine (C=N–C) groups is 1. The standard InChI is InChI=1S/C14H14N4OS/c1-8(2)18-13(19)11(17-14(18)20)6-9-7-16-10-4-3-5-15-12(9)10/h3-8,19H,1-2H3,(H,17,20)/b9-6+. The highest BCUT2D eigenvalue weighted by atomic mass is 32.1. The minimum Gasteiger partial charge on any atom is -0.493 e. The van der Waals surface area contributed by atoms with Crippen molar-refractivity contribution in [1.82, 2.24) is 14.5 Å². The van der Waals surface area contributed by atoms with Crippen LogP contribution in [0.25, 0.3) is 11.6 Å². The van der Waals surface area contributed by atoms with Crippen LogP contribution in [0.1, 0.15) is 31.3 Å². The van der Waals surface area contributed by atoms with Crippen LogP contribution in [0.5, 0.6) is 5.88 Å². The zero-order chi connectivity index (χ0) is 14.3. The largest absolute Gasteiger partial charge is 0.493 e. The van der Waals surface area contributed by atoms with Gasteiger partial charge < -0.3 is 10.1 Å². The molecule has 0 fully saturated rings. The van der Waals surface area contributed by atoms with E-state index in [9.17, 15) is 5.11 Å². The number of aromatic nitrogens is 3. The number of hydrogen-bond donors (Lipinski definition) is 2. The lowest BCUT2D eigenvalue weighted by Gasteiger charge is -2.07. The molecule has 0 spiro atoms. The molecule has 0 aromatic carbocycles. The molecule has 3 heterocycles. The van der Waals surface area contributed by atoms with E-state index in [1.54, 1.807) is 17.0 Å². The normalized spacial score (nSPS) is 15.2. The number of nitrogens with one attached hydrogen (secondary N) is 1. The van der Waals surface area contributed by atoms with E-state index in [0.29, 0.717) is 10.5 Å². The topological polar surface area (TPSA) is 66.2 Å². The molecule has 0 atom stereocenters. The monoisotopic (exact) mass is 286 g/mol. The summed E-state index contributed by atoms with van der Waals surface area (Å²) in [5, 5.41) is 10.2. The molecule has 0 radical (unpaired) electrons. The van der Waals surface area contributed by atoms with Gasteiger partial charge in [-0.1, -0.05) is 0 Å². The van der Waals surface area contributed by atoms with Crippen molar-refractivity contribution in [1.29, 1.82) is 0 Å². The van der Waals surface area contributed by atoms with E-state index in [-0.39, 0.29) is 11.9 Å². The number of aromatic hydroxyl groups is 1. The number of H-pyrrole nitrogens is 1. The first kappa shape index (κ1) is 12.8. The van der Waals surface area contributed by atoms with Gasteiger partial charge in [0.15, 0.2) is 4.77 Å². The van der Waals surface area contributed by atoms with Crippen LogP contribution < -0.4 is 0 Å². The predicted molar refractivity (Wildman–Crippen MR) is 81.9 cm³/mol. The molecule has 20 heavy (non-hydrogen) atoms. The number of allylic oxidation sites excluding steroid dienone is 1. The van der Waals surface area contributed by atoms with Gasteiger partial charge >= 0.3 is 0 Å². The Morgan fingerprint density at radius 2 is 2.25 bits per heavy atom. The molecule has 102 valence electrons. The van der Waals surface area contributed by atoms with Gasteiger partial charge in [0.25, 0.3) is 0 Å². The quantitative estimate of drug-likeness (QED) is 0.831. The highest BCUT2D eigenvalue weighted by Gasteiger charge is 2.16. The Labute approximate surface area is 121 Å². The lowest BCUT2D eigenvalue weighted by Crippen LogP contribution is -1.99. The third-order valence-electron chi connectivity index (χ3n) is 3.15. The van der Waals surface area contributed by atoms with E-state index in [1.807, 2.05) is 32.1 Å². The average Bonchev–Trinajstić information content (AvgIpc) is 2.93. The molecule has 1 aliphatic heterocycles. The van der Waals surface area contributed by atoms with Gasteiger partial charge in [0.05, 0.1) is 11.4 Å². The molecule has 2 aromatic heterocycles. The molecule has 5 nitrogen and oxygen atoms in total. The Balaban J connectivity index is 2.10. The molecule has 2 N–H and O–H groups in total. The van der Waals surface area contributed by atoms with E-state index in [2.05, 4.69) is 15.0 Å². The van der Waals surface area contributed by atoms with Gasteiger partial charge in [-0.3, -0.25) is 14.5 Å². The highest BCUT2D eigenvalue weighted by Crippen LogP contribution is 2.32. The van der Waals surface area contributed by atoms with E-state index in [0.717, 1.165) is 17.0 Å². The number of hydrogen-bond acceptors (Lipinski definition) is 4. The molecule has 6 heteroatoms. The van der Waals surface area contributed by atoms with Crippen LogP contribution in [0, 0.1) is 4.77 Å². The zero-order valence-electron chi connectivity index (χ0n) is 11.2. The van der Waals surface area contributed by atoms with E-state index in [4.69, 9.17) is 12.2 Å². The molecule has 0 unspecified atom stereocenters. The van der Waals surface area contributed by atoms with Crippen molar-refractivity contribution in [3.63, 3.8) is 0 Å². The first-order valence-electron chi connectivity index (χ1n) is 6.32. The zero-order valence-corrected chi connectivity index (χ0v) is 12.0. The number of aromatic amines is 1. The molecule has 0 saturated heterocycles. The van der Waals surface area contributed by atoms with E-state index in [1.165, 1.54) is 0 Å². The van der Waals surface area contributed by atoms with Crippen LogP contribution in [0.4, 0.5) is 5.69 Å². The summed E-state index contributed by atoms with van der Waals surface area (Å²) < 4.78 is 2.17. The summed E-state index contributed by atoms with van der Waals surface area (Å²) >= 11 is 5.22. The van der Waals surface area contributed by atoms with Gasteiger partial charge in [0.2, 0.25) is 5.88 Å². The maximum Gasteiger partial charge on any atom is 0.217 e. The maximum absolute atomic E-state index is 10.2. The second kappa shape index (κ2) is 4.72. The van der Waals surface area contributed by atoms with Crippen molar-refractivity contribution in [2.24, 2.45) is 4.99 Å². The smallest absolute Gasteiger partial charge is 0.217 e. The van der Waals surface area contributed by atoms with Crippen molar-refractivity contribution in [3.05, 3.63) is 34.5 Å². The summed E-state index contributed by atoms with van der Waals surface area (Å²) in [6.45, 7) is 3.93. The fraction of sp³-hybridized carbons (Fsp3) is 0.214. The molecule has 0 amide bonds. The third kappa shape index (κ3) is 1.98. The summed E-state index contributed by atoms with van der Waals surface area (Å²) in [7, 11) is 0.